The standard InChI is InChI=1S/C16H26N4/c1-3-4-14-19-15(17)10(2)16(20-14)18-9-13(11-5-6-11)12-7-8-12/h11-13H,3-9H2,1-2H3,(H3,17,18,19,20). The Morgan fingerprint density at radius 2 is 1.85 bits per heavy atom. The predicted octanol–water partition coefficient (Wildman–Crippen LogP) is 3.17. The largest absolute Gasteiger partial charge is 0.383 e. The molecule has 0 atom stereocenters. The van der Waals surface area contributed by atoms with Crippen LogP contribution in [-0.4, -0.2) is 16.5 Å². The first-order chi connectivity index (χ1) is 9.69. The number of hydrogen-bond acceptors (Lipinski definition) is 4. The van der Waals surface area contributed by atoms with Crippen LogP contribution in [0.4, 0.5) is 11.6 Å². The van der Waals surface area contributed by atoms with Crippen molar-refractivity contribution < 1.29 is 0 Å². The second kappa shape index (κ2) is 5.58. The van der Waals surface area contributed by atoms with Gasteiger partial charge in [-0.15, -0.1) is 0 Å². The van der Waals surface area contributed by atoms with E-state index in [0.717, 1.165) is 54.3 Å². The van der Waals surface area contributed by atoms with Gasteiger partial charge in [0.1, 0.15) is 17.5 Å². The average molecular weight is 274 g/mol. The number of hydrogen-bond donors (Lipinski definition) is 2. The number of nitrogens with one attached hydrogen (secondary N) is 1. The van der Waals surface area contributed by atoms with Crippen molar-refractivity contribution >= 4 is 11.6 Å². The van der Waals surface area contributed by atoms with Gasteiger partial charge in [0.25, 0.3) is 0 Å². The highest BCUT2D eigenvalue weighted by molar-refractivity contribution is 5.54. The summed E-state index contributed by atoms with van der Waals surface area (Å²) in [6.07, 6.45) is 7.65. The van der Waals surface area contributed by atoms with Gasteiger partial charge in [-0.25, -0.2) is 9.97 Å². The molecule has 20 heavy (non-hydrogen) atoms. The van der Waals surface area contributed by atoms with Crippen molar-refractivity contribution in [2.75, 3.05) is 17.6 Å². The van der Waals surface area contributed by atoms with Crippen molar-refractivity contribution in [3.63, 3.8) is 0 Å². The summed E-state index contributed by atoms with van der Waals surface area (Å²) in [6, 6.07) is 0. The summed E-state index contributed by atoms with van der Waals surface area (Å²) in [5, 5.41) is 3.56. The molecule has 1 aromatic rings. The third-order valence-electron chi connectivity index (χ3n) is 4.66. The number of anilines is 2. The molecule has 0 radical (unpaired) electrons. The third kappa shape index (κ3) is 3.05. The maximum atomic E-state index is 6.01. The second-order valence-electron chi connectivity index (χ2n) is 6.47. The third-order valence-corrected chi connectivity index (χ3v) is 4.66. The first-order valence-corrected chi connectivity index (χ1v) is 8.06. The van der Waals surface area contributed by atoms with Crippen LogP contribution in [0.2, 0.25) is 0 Å². The van der Waals surface area contributed by atoms with Crippen LogP contribution in [0.5, 0.6) is 0 Å². The summed E-state index contributed by atoms with van der Waals surface area (Å²) in [7, 11) is 0. The minimum atomic E-state index is 0.625. The Bertz CT molecular complexity index is 466. The highest BCUT2D eigenvalue weighted by Gasteiger charge is 2.41. The molecular formula is C16H26N4. The van der Waals surface area contributed by atoms with Crippen LogP contribution in [0.3, 0.4) is 0 Å². The van der Waals surface area contributed by atoms with Crippen molar-refractivity contribution in [2.45, 2.75) is 52.4 Å². The fourth-order valence-electron chi connectivity index (χ4n) is 3.07. The zero-order valence-electron chi connectivity index (χ0n) is 12.7. The Morgan fingerprint density at radius 1 is 1.20 bits per heavy atom. The Balaban J connectivity index is 1.68. The molecule has 1 aromatic heterocycles. The van der Waals surface area contributed by atoms with E-state index in [1.807, 2.05) is 6.92 Å². The monoisotopic (exact) mass is 274 g/mol. The van der Waals surface area contributed by atoms with Gasteiger partial charge in [-0.3, -0.25) is 0 Å². The van der Waals surface area contributed by atoms with Gasteiger partial charge >= 0.3 is 0 Å². The number of aromatic nitrogens is 2. The molecule has 2 fully saturated rings. The lowest BCUT2D eigenvalue weighted by molar-refractivity contribution is 0.427. The Labute approximate surface area is 121 Å². The summed E-state index contributed by atoms with van der Waals surface area (Å²) in [6.45, 7) is 5.21. The molecule has 4 nitrogen and oxygen atoms in total. The van der Waals surface area contributed by atoms with Gasteiger partial charge in [0.05, 0.1) is 0 Å². The zero-order valence-corrected chi connectivity index (χ0v) is 12.7. The fraction of sp³-hybridized carbons (Fsp3) is 0.750. The molecule has 0 amide bonds. The lowest BCUT2D eigenvalue weighted by Crippen LogP contribution is -2.20. The molecule has 0 aliphatic heterocycles. The van der Waals surface area contributed by atoms with E-state index in [0.29, 0.717) is 5.82 Å². The molecule has 3 rings (SSSR count). The zero-order chi connectivity index (χ0) is 14.1. The van der Waals surface area contributed by atoms with Crippen LogP contribution in [0.15, 0.2) is 0 Å². The predicted molar refractivity (Wildman–Crippen MR) is 82.6 cm³/mol. The van der Waals surface area contributed by atoms with Crippen molar-refractivity contribution in [1.29, 1.82) is 0 Å². The summed E-state index contributed by atoms with van der Waals surface area (Å²) >= 11 is 0. The van der Waals surface area contributed by atoms with Gasteiger partial charge in [0, 0.05) is 18.5 Å². The van der Waals surface area contributed by atoms with Gasteiger partial charge in [0.2, 0.25) is 0 Å². The Hall–Kier alpha value is -1.32. The van der Waals surface area contributed by atoms with E-state index in [2.05, 4.69) is 22.2 Å². The molecule has 0 aromatic carbocycles. The summed E-state index contributed by atoms with van der Waals surface area (Å²) in [5.74, 6) is 5.22. The van der Waals surface area contributed by atoms with E-state index in [-0.39, 0.29) is 0 Å². The van der Waals surface area contributed by atoms with E-state index in [1.165, 1.54) is 25.7 Å². The molecule has 0 saturated heterocycles. The van der Waals surface area contributed by atoms with Crippen LogP contribution in [0.1, 0.15) is 50.4 Å². The van der Waals surface area contributed by atoms with E-state index in [4.69, 9.17) is 5.73 Å². The van der Waals surface area contributed by atoms with E-state index < -0.39 is 0 Å². The van der Waals surface area contributed by atoms with Gasteiger partial charge in [-0.05, 0) is 56.8 Å². The quantitative estimate of drug-likeness (QED) is 0.801. The van der Waals surface area contributed by atoms with Gasteiger partial charge in [-0.2, -0.15) is 0 Å². The summed E-state index contributed by atoms with van der Waals surface area (Å²) in [5.41, 5.74) is 7.01. The highest BCUT2D eigenvalue weighted by Crippen LogP contribution is 2.49. The van der Waals surface area contributed by atoms with Crippen LogP contribution < -0.4 is 11.1 Å². The maximum absolute atomic E-state index is 6.01. The molecule has 2 aliphatic rings. The molecule has 3 N–H and O–H groups in total. The first-order valence-electron chi connectivity index (χ1n) is 8.06. The highest BCUT2D eigenvalue weighted by atomic mass is 15.1. The molecule has 4 heteroatoms. The van der Waals surface area contributed by atoms with Crippen molar-refractivity contribution in [3.8, 4) is 0 Å². The number of rotatable bonds is 7. The smallest absolute Gasteiger partial charge is 0.134 e. The number of aryl methyl sites for hydroxylation is 1. The summed E-state index contributed by atoms with van der Waals surface area (Å²) in [4.78, 5) is 9.02. The number of nitrogens with two attached hydrogens (primary N) is 1. The molecule has 0 bridgehead atoms. The molecule has 2 aliphatic carbocycles. The van der Waals surface area contributed by atoms with Crippen LogP contribution in [0, 0.1) is 24.7 Å². The topological polar surface area (TPSA) is 63.8 Å². The molecular weight excluding hydrogens is 248 g/mol. The fourth-order valence-corrected chi connectivity index (χ4v) is 3.07. The van der Waals surface area contributed by atoms with E-state index in [9.17, 15) is 0 Å². The summed E-state index contributed by atoms with van der Waals surface area (Å²) < 4.78 is 0. The van der Waals surface area contributed by atoms with Crippen LogP contribution in [0.25, 0.3) is 0 Å². The lowest BCUT2D eigenvalue weighted by Gasteiger charge is -2.18. The minimum Gasteiger partial charge on any atom is -0.383 e. The average Bonchev–Trinajstić information content (AvgIpc) is 3.27. The Morgan fingerprint density at radius 3 is 2.40 bits per heavy atom. The van der Waals surface area contributed by atoms with E-state index >= 15 is 0 Å². The van der Waals surface area contributed by atoms with Crippen LogP contribution >= 0.6 is 0 Å². The Kier molecular flexibility index (Phi) is 3.81. The maximum Gasteiger partial charge on any atom is 0.134 e. The molecule has 0 spiro atoms. The molecule has 110 valence electrons. The number of nitrogens with zero attached hydrogens (tertiary/aromatic N) is 2. The van der Waals surface area contributed by atoms with E-state index in [1.54, 1.807) is 0 Å². The van der Waals surface area contributed by atoms with Gasteiger partial charge < -0.3 is 11.1 Å². The first kappa shape index (κ1) is 13.7. The molecule has 2 saturated carbocycles. The SMILES string of the molecule is CCCc1nc(N)c(C)c(NCC(C2CC2)C2CC2)n1. The molecule has 0 unspecified atom stereocenters. The van der Waals surface area contributed by atoms with Crippen LogP contribution in [-0.2, 0) is 6.42 Å². The minimum absolute atomic E-state index is 0.625. The normalized spacial score (nSPS) is 18.6. The number of nitrogen functional groups attached to an aromatic ring is 1. The van der Waals surface area contributed by atoms with Gasteiger partial charge in [0.15, 0.2) is 0 Å². The van der Waals surface area contributed by atoms with Crippen molar-refractivity contribution in [1.82, 2.24) is 9.97 Å². The van der Waals surface area contributed by atoms with Gasteiger partial charge in [-0.1, -0.05) is 6.92 Å². The van der Waals surface area contributed by atoms with Crippen molar-refractivity contribution in [3.05, 3.63) is 11.4 Å². The molecule has 1 heterocycles. The lowest BCUT2D eigenvalue weighted by atomic mass is 9.98. The van der Waals surface area contributed by atoms with Crippen molar-refractivity contribution in [2.24, 2.45) is 17.8 Å². The second-order valence-corrected chi connectivity index (χ2v) is 6.47.